The van der Waals surface area contributed by atoms with E-state index >= 15 is 0 Å². The van der Waals surface area contributed by atoms with E-state index in [4.69, 9.17) is 0 Å². The molecule has 1 saturated carbocycles. The molecule has 2 nitrogen and oxygen atoms in total. The zero-order valence-electron chi connectivity index (χ0n) is 10.2. The fourth-order valence-corrected chi connectivity index (χ4v) is 3.17. The lowest BCUT2D eigenvalue weighted by Crippen LogP contribution is -2.28. The summed E-state index contributed by atoms with van der Waals surface area (Å²) in [5, 5.41) is 0. The normalized spacial score (nSPS) is 25.4. The number of nitrogens with one attached hydrogen (secondary N) is 1. The number of H-pyrrole nitrogens is 1. The fraction of sp³-hybridized carbons (Fsp3) is 0.769. The maximum absolute atomic E-state index is 12.7. The second-order valence-electron chi connectivity index (χ2n) is 5.51. The van der Waals surface area contributed by atoms with Gasteiger partial charge in [-0.05, 0) is 25.7 Å². The third-order valence-electron chi connectivity index (χ3n) is 4.27. The SMILES string of the molecule is FC(F)(F)C1CCc2nc(C3CCCC3)[nH]c2C1. The van der Waals surface area contributed by atoms with Crippen molar-refractivity contribution in [1.82, 2.24) is 9.97 Å². The van der Waals surface area contributed by atoms with E-state index in [0.29, 0.717) is 12.3 Å². The van der Waals surface area contributed by atoms with Gasteiger partial charge in [0.2, 0.25) is 0 Å². The van der Waals surface area contributed by atoms with Crippen LogP contribution in [0.3, 0.4) is 0 Å². The van der Waals surface area contributed by atoms with Gasteiger partial charge in [0.1, 0.15) is 5.82 Å². The predicted molar refractivity (Wildman–Crippen MR) is 61.4 cm³/mol. The van der Waals surface area contributed by atoms with Gasteiger partial charge in [0, 0.05) is 18.0 Å². The highest BCUT2D eigenvalue weighted by atomic mass is 19.4. The van der Waals surface area contributed by atoms with Crippen molar-refractivity contribution in [1.29, 1.82) is 0 Å². The van der Waals surface area contributed by atoms with Crippen LogP contribution in [0.4, 0.5) is 13.2 Å². The molecule has 0 amide bonds. The Bertz CT molecular complexity index is 430. The van der Waals surface area contributed by atoms with Crippen LogP contribution in [0.15, 0.2) is 0 Å². The first-order chi connectivity index (χ1) is 8.54. The number of imidazole rings is 1. The Balaban J connectivity index is 1.79. The van der Waals surface area contributed by atoms with Crippen molar-refractivity contribution < 1.29 is 13.2 Å². The summed E-state index contributed by atoms with van der Waals surface area (Å²) < 4.78 is 38.1. The Labute approximate surface area is 104 Å². The lowest BCUT2D eigenvalue weighted by atomic mass is 9.89. The molecular weight excluding hydrogens is 241 g/mol. The van der Waals surface area contributed by atoms with Crippen molar-refractivity contribution in [3.8, 4) is 0 Å². The molecule has 5 heteroatoms. The third kappa shape index (κ3) is 2.15. The Morgan fingerprint density at radius 3 is 2.50 bits per heavy atom. The van der Waals surface area contributed by atoms with Crippen LogP contribution in [0.2, 0.25) is 0 Å². The molecule has 1 fully saturated rings. The summed E-state index contributed by atoms with van der Waals surface area (Å²) >= 11 is 0. The Morgan fingerprint density at radius 1 is 1.11 bits per heavy atom. The highest BCUT2D eigenvalue weighted by Gasteiger charge is 2.42. The van der Waals surface area contributed by atoms with Gasteiger partial charge in [0.15, 0.2) is 0 Å². The molecule has 1 heterocycles. The number of aryl methyl sites for hydroxylation is 1. The predicted octanol–water partition coefficient (Wildman–Crippen LogP) is 3.73. The molecule has 2 aliphatic rings. The number of halogens is 3. The smallest absolute Gasteiger partial charge is 0.345 e. The lowest BCUT2D eigenvalue weighted by Gasteiger charge is -2.23. The average Bonchev–Trinajstić information content (AvgIpc) is 2.95. The van der Waals surface area contributed by atoms with Gasteiger partial charge in [-0.2, -0.15) is 13.2 Å². The fourth-order valence-electron chi connectivity index (χ4n) is 3.17. The van der Waals surface area contributed by atoms with Gasteiger partial charge in [0.05, 0.1) is 11.6 Å². The molecule has 1 aromatic heterocycles. The lowest BCUT2D eigenvalue weighted by molar-refractivity contribution is -0.177. The highest BCUT2D eigenvalue weighted by molar-refractivity contribution is 5.21. The summed E-state index contributed by atoms with van der Waals surface area (Å²) in [5.41, 5.74) is 1.60. The van der Waals surface area contributed by atoms with Gasteiger partial charge in [-0.3, -0.25) is 0 Å². The van der Waals surface area contributed by atoms with E-state index in [0.717, 1.165) is 30.1 Å². The van der Waals surface area contributed by atoms with E-state index in [1.165, 1.54) is 12.8 Å². The monoisotopic (exact) mass is 258 g/mol. The largest absolute Gasteiger partial charge is 0.392 e. The maximum Gasteiger partial charge on any atom is 0.392 e. The number of aromatic amines is 1. The minimum absolute atomic E-state index is 0.0819. The summed E-state index contributed by atoms with van der Waals surface area (Å²) in [7, 11) is 0. The molecule has 0 bridgehead atoms. The van der Waals surface area contributed by atoms with E-state index < -0.39 is 12.1 Å². The minimum Gasteiger partial charge on any atom is -0.345 e. The number of aromatic nitrogens is 2. The Morgan fingerprint density at radius 2 is 1.83 bits per heavy atom. The van der Waals surface area contributed by atoms with Gasteiger partial charge in [-0.25, -0.2) is 4.98 Å². The molecule has 18 heavy (non-hydrogen) atoms. The van der Waals surface area contributed by atoms with E-state index in [-0.39, 0.29) is 12.8 Å². The summed E-state index contributed by atoms with van der Waals surface area (Å²) in [4.78, 5) is 7.69. The molecule has 0 saturated heterocycles. The quantitative estimate of drug-likeness (QED) is 0.816. The van der Waals surface area contributed by atoms with Gasteiger partial charge >= 0.3 is 6.18 Å². The van der Waals surface area contributed by atoms with Gasteiger partial charge in [-0.15, -0.1) is 0 Å². The van der Waals surface area contributed by atoms with Crippen LogP contribution in [0.5, 0.6) is 0 Å². The molecule has 1 unspecified atom stereocenters. The van der Waals surface area contributed by atoms with E-state index in [1.807, 2.05) is 0 Å². The highest BCUT2D eigenvalue weighted by Crippen LogP contribution is 2.38. The molecule has 1 N–H and O–H groups in total. The van der Waals surface area contributed by atoms with Crippen LogP contribution < -0.4 is 0 Å². The summed E-state index contributed by atoms with van der Waals surface area (Å²) in [6.45, 7) is 0. The molecule has 0 aromatic carbocycles. The van der Waals surface area contributed by atoms with Crippen molar-refractivity contribution in [3.05, 3.63) is 17.2 Å². The molecule has 1 aromatic rings. The molecule has 2 aliphatic carbocycles. The summed E-state index contributed by atoms with van der Waals surface area (Å²) in [6.07, 6.45) is 1.32. The zero-order chi connectivity index (χ0) is 12.8. The first kappa shape index (κ1) is 12.1. The molecule has 0 radical (unpaired) electrons. The van der Waals surface area contributed by atoms with Crippen LogP contribution in [-0.4, -0.2) is 16.1 Å². The maximum atomic E-state index is 12.7. The molecule has 3 rings (SSSR count). The minimum atomic E-state index is -4.07. The average molecular weight is 258 g/mol. The first-order valence-corrected chi connectivity index (χ1v) is 6.68. The van der Waals surface area contributed by atoms with E-state index in [1.54, 1.807) is 0 Å². The Kier molecular flexibility index (Phi) is 2.87. The van der Waals surface area contributed by atoms with Crippen molar-refractivity contribution in [2.24, 2.45) is 5.92 Å². The van der Waals surface area contributed by atoms with Crippen molar-refractivity contribution in [2.75, 3.05) is 0 Å². The molecule has 0 spiro atoms. The van der Waals surface area contributed by atoms with Crippen LogP contribution >= 0.6 is 0 Å². The second-order valence-corrected chi connectivity index (χ2v) is 5.51. The summed E-state index contributed by atoms with van der Waals surface area (Å²) in [6, 6.07) is 0. The van der Waals surface area contributed by atoms with E-state index in [9.17, 15) is 13.2 Å². The van der Waals surface area contributed by atoms with Crippen molar-refractivity contribution >= 4 is 0 Å². The number of fused-ring (bicyclic) bond motifs is 1. The third-order valence-corrected chi connectivity index (χ3v) is 4.27. The summed E-state index contributed by atoms with van der Waals surface area (Å²) in [5.74, 6) is 0.183. The van der Waals surface area contributed by atoms with Crippen LogP contribution in [-0.2, 0) is 12.8 Å². The van der Waals surface area contributed by atoms with Crippen LogP contribution in [0.1, 0.15) is 55.2 Å². The number of hydrogen-bond acceptors (Lipinski definition) is 1. The zero-order valence-corrected chi connectivity index (χ0v) is 10.2. The second kappa shape index (κ2) is 4.28. The molecule has 100 valence electrons. The van der Waals surface area contributed by atoms with Crippen molar-refractivity contribution in [3.63, 3.8) is 0 Å². The van der Waals surface area contributed by atoms with Crippen LogP contribution in [0, 0.1) is 5.92 Å². The van der Waals surface area contributed by atoms with Gasteiger partial charge in [-0.1, -0.05) is 12.8 Å². The number of nitrogens with zero attached hydrogens (tertiary/aromatic N) is 1. The topological polar surface area (TPSA) is 28.7 Å². The molecule has 1 atom stereocenters. The Hall–Kier alpha value is -1.00. The van der Waals surface area contributed by atoms with Crippen LogP contribution in [0.25, 0.3) is 0 Å². The van der Waals surface area contributed by atoms with Gasteiger partial charge < -0.3 is 4.98 Å². The number of hydrogen-bond donors (Lipinski definition) is 1. The molecular formula is C13H17F3N2. The first-order valence-electron chi connectivity index (χ1n) is 6.68. The van der Waals surface area contributed by atoms with Gasteiger partial charge in [0.25, 0.3) is 0 Å². The standard InChI is InChI=1S/C13H17F3N2/c14-13(15,16)9-5-6-10-11(7-9)18-12(17-10)8-3-1-2-4-8/h8-9H,1-7H2,(H,17,18). The molecule has 0 aliphatic heterocycles. The van der Waals surface area contributed by atoms with Crippen molar-refractivity contribution in [2.45, 2.75) is 57.0 Å². The number of alkyl halides is 3. The number of rotatable bonds is 1. The van der Waals surface area contributed by atoms with E-state index in [2.05, 4.69) is 9.97 Å².